The molecule has 0 saturated carbocycles. The minimum atomic E-state index is -3.72. The van der Waals surface area contributed by atoms with Gasteiger partial charge in [0.2, 0.25) is 10.0 Å². The van der Waals surface area contributed by atoms with E-state index in [0.29, 0.717) is 24.1 Å². The molecule has 3 heterocycles. The third kappa shape index (κ3) is 4.01. The first kappa shape index (κ1) is 23.0. The van der Waals surface area contributed by atoms with Crippen molar-refractivity contribution in [1.29, 1.82) is 0 Å². The van der Waals surface area contributed by atoms with Crippen LogP contribution in [0.25, 0.3) is 11.0 Å². The topological polar surface area (TPSA) is 84.6 Å². The van der Waals surface area contributed by atoms with Crippen molar-refractivity contribution in [2.24, 2.45) is 20.0 Å². The Hall–Kier alpha value is -2.75. The maximum atomic E-state index is 13.5. The van der Waals surface area contributed by atoms with Crippen LogP contribution in [0.4, 0.5) is 0 Å². The first-order valence-electron chi connectivity index (χ1n) is 11.7. The molecule has 0 aliphatic carbocycles. The third-order valence-electron chi connectivity index (χ3n) is 7.31. The lowest BCUT2D eigenvalue weighted by Crippen LogP contribution is -2.44. The number of nitrogens with zero attached hydrogens (tertiary/aromatic N) is 4. The van der Waals surface area contributed by atoms with Crippen LogP contribution in [-0.2, 0) is 37.1 Å². The zero-order valence-electron chi connectivity index (χ0n) is 19.6. The Labute approximate surface area is 199 Å². The van der Waals surface area contributed by atoms with Crippen molar-refractivity contribution in [2.45, 2.75) is 30.7 Å². The summed E-state index contributed by atoms with van der Waals surface area (Å²) in [5.74, 6) is 0.277. The number of aromatic nitrogens is 2. The number of fused-ring (bicyclic) bond motifs is 2. The third-order valence-corrected chi connectivity index (χ3v) is 9.17. The molecule has 8 nitrogen and oxygen atoms in total. The van der Waals surface area contributed by atoms with Gasteiger partial charge in [-0.1, -0.05) is 24.3 Å². The second-order valence-electron chi connectivity index (χ2n) is 9.50. The van der Waals surface area contributed by atoms with Crippen LogP contribution in [0.1, 0.15) is 24.0 Å². The summed E-state index contributed by atoms with van der Waals surface area (Å²) in [6.07, 6.45) is 2.87. The van der Waals surface area contributed by atoms with Crippen LogP contribution in [0, 0.1) is 5.92 Å². The van der Waals surface area contributed by atoms with Crippen molar-refractivity contribution < 1.29 is 8.42 Å². The number of hydrogen-bond acceptors (Lipinski definition) is 5. The standard InChI is InChI=1S/C25H30N4O4S/c1-26-22-10-9-21(14-23(22)27(2)25(31)24(26)30)34(32,33)29-12-5-6-18(16-29)15-28-13-11-19-7-3-4-8-20(19)17-28/h3-4,7-10,14,18H,5-6,11-13,15-17H2,1-2H3. The van der Waals surface area contributed by atoms with Crippen molar-refractivity contribution in [2.75, 3.05) is 26.2 Å². The lowest BCUT2D eigenvalue weighted by Gasteiger charge is -2.36. The van der Waals surface area contributed by atoms with E-state index in [-0.39, 0.29) is 10.8 Å². The molecule has 0 radical (unpaired) electrons. The average molecular weight is 483 g/mol. The van der Waals surface area contributed by atoms with E-state index >= 15 is 0 Å². The molecule has 1 aromatic heterocycles. The lowest BCUT2D eigenvalue weighted by molar-refractivity contribution is 0.167. The van der Waals surface area contributed by atoms with Gasteiger partial charge in [0.1, 0.15) is 0 Å². The van der Waals surface area contributed by atoms with Gasteiger partial charge < -0.3 is 9.13 Å². The van der Waals surface area contributed by atoms with Crippen molar-refractivity contribution in [1.82, 2.24) is 18.3 Å². The Morgan fingerprint density at radius 2 is 1.62 bits per heavy atom. The van der Waals surface area contributed by atoms with Gasteiger partial charge in [0.05, 0.1) is 15.9 Å². The van der Waals surface area contributed by atoms with Crippen LogP contribution < -0.4 is 11.1 Å². The molecular weight excluding hydrogens is 452 g/mol. The summed E-state index contributed by atoms with van der Waals surface area (Å²) < 4.78 is 31.1. The average Bonchev–Trinajstić information content (AvgIpc) is 2.86. The number of sulfonamides is 1. The normalized spacial score (nSPS) is 19.9. The van der Waals surface area contributed by atoms with E-state index < -0.39 is 21.1 Å². The molecule has 0 bridgehead atoms. The summed E-state index contributed by atoms with van der Waals surface area (Å²) in [4.78, 5) is 26.9. The quantitative estimate of drug-likeness (QED) is 0.529. The monoisotopic (exact) mass is 482 g/mol. The molecule has 9 heteroatoms. The van der Waals surface area contributed by atoms with Crippen LogP contribution in [-0.4, -0.2) is 52.9 Å². The van der Waals surface area contributed by atoms with E-state index in [9.17, 15) is 18.0 Å². The smallest absolute Gasteiger partial charge is 0.305 e. The molecule has 2 aliphatic heterocycles. The molecule has 1 saturated heterocycles. The van der Waals surface area contributed by atoms with Crippen LogP contribution in [0.5, 0.6) is 0 Å². The molecule has 2 aliphatic rings. The van der Waals surface area contributed by atoms with E-state index in [0.717, 1.165) is 38.9 Å². The summed E-state index contributed by atoms with van der Waals surface area (Å²) in [6.45, 7) is 3.78. The van der Waals surface area contributed by atoms with Crippen molar-refractivity contribution >= 4 is 21.1 Å². The van der Waals surface area contributed by atoms with Crippen LogP contribution in [0.15, 0.2) is 56.9 Å². The van der Waals surface area contributed by atoms with E-state index in [1.807, 2.05) is 0 Å². The Balaban J connectivity index is 1.37. The number of benzene rings is 2. The first-order chi connectivity index (χ1) is 16.3. The molecule has 5 rings (SSSR count). The minimum Gasteiger partial charge on any atom is -0.305 e. The first-order valence-corrected chi connectivity index (χ1v) is 13.2. The fourth-order valence-corrected chi connectivity index (χ4v) is 6.92. The van der Waals surface area contributed by atoms with Gasteiger partial charge in [0.15, 0.2) is 0 Å². The lowest BCUT2D eigenvalue weighted by atomic mass is 9.95. The summed E-state index contributed by atoms with van der Waals surface area (Å²) in [5, 5.41) is 0. The maximum absolute atomic E-state index is 13.5. The minimum absolute atomic E-state index is 0.154. The molecule has 34 heavy (non-hydrogen) atoms. The second kappa shape index (κ2) is 8.79. The number of piperidine rings is 1. The molecule has 1 atom stereocenters. The van der Waals surface area contributed by atoms with Crippen LogP contribution in [0.3, 0.4) is 0 Å². The molecule has 180 valence electrons. The Bertz CT molecular complexity index is 1470. The SMILES string of the molecule is Cn1c(=O)c(=O)n(C)c2cc(S(=O)(=O)N3CCCC(CN4CCc5ccccc5C4)C3)ccc21. The molecule has 3 aromatic rings. The van der Waals surface area contributed by atoms with Gasteiger partial charge in [0.25, 0.3) is 0 Å². The highest BCUT2D eigenvalue weighted by molar-refractivity contribution is 7.89. The van der Waals surface area contributed by atoms with Gasteiger partial charge in [-0.15, -0.1) is 0 Å². The number of aryl methyl sites for hydroxylation is 2. The van der Waals surface area contributed by atoms with E-state index in [2.05, 4.69) is 29.2 Å². The predicted molar refractivity (Wildman–Crippen MR) is 131 cm³/mol. The van der Waals surface area contributed by atoms with Crippen LogP contribution in [0.2, 0.25) is 0 Å². The molecule has 1 fully saturated rings. The summed E-state index contributed by atoms with van der Waals surface area (Å²) >= 11 is 0. The highest BCUT2D eigenvalue weighted by Gasteiger charge is 2.32. The molecule has 0 amide bonds. The largest absolute Gasteiger partial charge is 0.316 e. The van der Waals surface area contributed by atoms with Gasteiger partial charge in [-0.2, -0.15) is 4.31 Å². The second-order valence-corrected chi connectivity index (χ2v) is 11.4. The van der Waals surface area contributed by atoms with Crippen molar-refractivity contribution in [3.63, 3.8) is 0 Å². The van der Waals surface area contributed by atoms with E-state index in [4.69, 9.17) is 0 Å². The maximum Gasteiger partial charge on any atom is 0.316 e. The highest BCUT2D eigenvalue weighted by Crippen LogP contribution is 2.27. The number of rotatable bonds is 4. The Morgan fingerprint density at radius 3 is 2.38 bits per heavy atom. The van der Waals surface area contributed by atoms with Crippen LogP contribution >= 0.6 is 0 Å². The number of hydrogen-bond donors (Lipinski definition) is 0. The van der Waals surface area contributed by atoms with Crippen molar-refractivity contribution in [3.8, 4) is 0 Å². The Kier molecular flexibility index (Phi) is 5.95. The van der Waals surface area contributed by atoms with Gasteiger partial charge >= 0.3 is 11.1 Å². The van der Waals surface area contributed by atoms with Crippen molar-refractivity contribution in [3.05, 3.63) is 74.3 Å². The predicted octanol–water partition coefficient (Wildman–Crippen LogP) is 1.70. The highest BCUT2D eigenvalue weighted by atomic mass is 32.2. The van der Waals surface area contributed by atoms with Gasteiger partial charge in [-0.3, -0.25) is 14.5 Å². The molecule has 0 N–H and O–H groups in total. The Morgan fingerprint density at radius 1 is 0.912 bits per heavy atom. The molecule has 1 unspecified atom stereocenters. The summed E-state index contributed by atoms with van der Waals surface area (Å²) in [6, 6.07) is 13.2. The van der Waals surface area contributed by atoms with E-state index in [1.54, 1.807) is 10.4 Å². The fourth-order valence-electron chi connectivity index (χ4n) is 5.34. The molecule has 2 aromatic carbocycles. The fraction of sp³-hybridized carbons (Fsp3) is 0.440. The van der Waals surface area contributed by atoms with E-state index in [1.165, 1.54) is 46.5 Å². The summed E-state index contributed by atoms with van der Waals surface area (Å²) in [7, 11) is -0.698. The summed E-state index contributed by atoms with van der Waals surface area (Å²) in [5.41, 5.74) is 2.41. The van der Waals surface area contributed by atoms with Gasteiger partial charge in [-0.25, -0.2) is 8.42 Å². The van der Waals surface area contributed by atoms with Gasteiger partial charge in [-0.05, 0) is 54.5 Å². The zero-order chi connectivity index (χ0) is 24.0. The molecule has 0 spiro atoms. The molecular formula is C25H30N4O4S. The zero-order valence-corrected chi connectivity index (χ0v) is 20.4. The van der Waals surface area contributed by atoms with Gasteiger partial charge in [0, 0.05) is 46.8 Å².